The lowest BCUT2D eigenvalue weighted by Crippen LogP contribution is -2.26. The van der Waals surface area contributed by atoms with E-state index in [0.29, 0.717) is 23.7 Å². The molecule has 1 atom stereocenters. The third-order valence-electron chi connectivity index (χ3n) is 2.15. The van der Waals surface area contributed by atoms with Gasteiger partial charge in [-0.1, -0.05) is 13.8 Å². The molecule has 78 valence electrons. The largest absolute Gasteiger partial charge is 0.397 e. The van der Waals surface area contributed by atoms with Crippen LogP contribution in [0, 0.1) is 5.92 Å². The number of hydrogen-bond donors (Lipinski definition) is 2. The molecule has 0 aliphatic heterocycles. The van der Waals surface area contributed by atoms with Crippen LogP contribution < -0.4 is 5.73 Å². The number of anilines is 1. The zero-order valence-corrected chi connectivity index (χ0v) is 8.99. The normalized spacial score (nSPS) is 15.5. The quantitative estimate of drug-likeness (QED) is 0.772. The SMILES string of the molecule is CC(C)CC(C)(O)c1ncccc1N. The summed E-state index contributed by atoms with van der Waals surface area (Å²) in [5.74, 6) is 0.409. The van der Waals surface area contributed by atoms with Crippen molar-refractivity contribution in [2.45, 2.75) is 32.8 Å². The van der Waals surface area contributed by atoms with Crippen LogP contribution in [0.3, 0.4) is 0 Å². The van der Waals surface area contributed by atoms with Crippen molar-refractivity contribution < 1.29 is 5.11 Å². The van der Waals surface area contributed by atoms with Crippen molar-refractivity contribution in [2.75, 3.05) is 5.73 Å². The first-order valence-electron chi connectivity index (χ1n) is 4.87. The van der Waals surface area contributed by atoms with Crippen LogP contribution in [0.5, 0.6) is 0 Å². The Morgan fingerprint density at radius 3 is 2.71 bits per heavy atom. The van der Waals surface area contributed by atoms with E-state index in [9.17, 15) is 5.11 Å². The molecule has 0 fully saturated rings. The molecule has 3 heteroatoms. The van der Waals surface area contributed by atoms with E-state index in [1.54, 1.807) is 25.3 Å². The Morgan fingerprint density at radius 2 is 2.21 bits per heavy atom. The fourth-order valence-electron chi connectivity index (χ4n) is 1.76. The molecule has 0 saturated heterocycles. The highest BCUT2D eigenvalue weighted by Crippen LogP contribution is 2.29. The lowest BCUT2D eigenvalue weighted by molar-refractivity contribution is 0.0314. The van der Waals surface area contributed by atoms with E-state index in [2.05, 4.69) is 18.8 Å². The average Bonchev–Trinajstić information content (AvgIpc) is 2.02. The van der Waals surface area contributed by atoms with Gasteiger partial charge in [0.05, 0.1) is 11.4 Å². The third kappa shape index (κ3) is 2.45. The van der Waals surface area contributed by atoms with Gasteiger partial charge in [0.2, 0.25) is 0 Å². The maximum atomic E-state index is 10.2. The number of nitrogens with zero attached hydrogens (tertiary/aromatic N) is 1. The van der Waals surface area contributed by atoms with Gasteiger partial charge in [-0.15, -0.1) is 0 Å². The van der Waals surface area contributed by atoms with Crippen molar-refractivity contribution in [3.8, 4) is 0 Å². The number of hydrogen-bond acceptors (Lipinski definition) is 3. The fourth-order valence-corrected chi connectivity index (χ4v) is 1.76. The van der Waals surface area contributed by atoms with Crippen LogP contribution in [0.1, 0.15) is 32.9 Å². The molecule has 3 N–H and O–H groups in total. The zero-order chi connectivity index (χ0) is 10.8. The number of aromatic nitrogens is 1. The molecule has 0 aliphatic rings. The smallest absolute Gasteiger partial charge is 0.106 e. The van der Waals surface area contributed by atoms with Gasteiger partial charge in [0.1, 0.15) is 5.60 Å². The molecular formula is C11H18N2O. The number of nitrogens with two attached hydrogens (primary N) is 1. The van der Waals surface area contributed by atoms with Gasteiger partial charge >= 0.3 is 0 Å². The Labute approximate surface area is 85.0 Å². The van der Waals surface area contributed by atoms with Crippen LogP contribution in [-0.4, -0.2) is 10.1 Å². The molecule has 1 rings (SSSR count). The number of rotatable bonds is 3. The molecule has 3 nitrogen and oxygen atoms in total. The summed E-state index contributed by atoms with van der Waals surface area (Å²) in [5, 5.41) is 10.2. The maximum absolute atomic E-state index is 10.2. The van der Waals surface area contributed by atoms with Gasteiger partial charge in [-0.2, -0.15) is 0 Å². The summed E-state index contributed by atoms with van der Waals surface area (Å²) in [6.45, 7) is 5.88. The lowest BCUT2D eigenvalue weighted by atomic mass is 9.90. The summed E-state index contributed by atoms with van der Waals surface area (Å²) in [5.41, 5.74) is 5.96. The Kier molecular flexibility index (Phi) is 3.11. The zero-order valence-electron chi connectivity index (χ0n) is 8.99. The predicted octanol–water partition coefficient (Wildman–Crippen LogP) is 1.92. The van der Waals surface area contributed by atoms with Gasteiger partial charge in [0.15, 0.2) is 0 Å². The fraction of sp³-hybridized carbons (Fsp3) is 0.545. The van der Waals surface area contributed by atoms with Crippen LogP contribution in [0.25, 0.3) is 0 Å². The van der Waals surface area contributed by atoms with E-state index in [1.165, 1.54) is 0 Å². The summed E-state index contributed by atoms with van der Waals surface area (Å²) in [6, 6.07) is 3.53. The monoisotopic (exact) mass is 194 g/mol. The van der Waals surface area contributed by atoms with Crippen LogP contribution in [0.15, 0.2) is 18.3 Å². The van der Waals surface area contributed by atoms with E-state index >= 15 is 0 Å². The van der Waals surface area contributed by atoms with Gasteiger partial charge in [-0.3, -0.25) is 4.98 Å². The second kappa shape index (κ2) is 3.96. The summed E-state index contributed by atoms with van der Waals surface area (Å²) in [6.07, 6.45) is 2.31. The standard InChI is InChI=1S/C11H18N2O/c1-8(2)7-11(3,14)10-9(12)5-4-6-13-10/h4-6,8,14H,7,12H2,1-3H3. The Morgan fingerprint density at radius 1 is 1.57 bits per heavy atom. The van der Waals surface area contributed by atoms with Crippen molar-refractivity contribution >= 4 is 5.69 Å². The van der Waals surface area contributed by atoms with Crippen molar-refractivity contribution in [1.29, 1.82) is 0 Å². The van der Waals surface area contributed by atoms with Crippen molar-refractivity contribution in [3.05, 3.63) is 24.0 Å². The van der Waals surface area contributed by atoms with Crippen LogP contribution in [0.2, 0.25) is 0 Å². The van der Waals surface area contributed by atoms with E-state index in [0.717, 1.165) is 0 Å². The van der Waals surface area contributed by atoms with Crippen LogP contribution in [0.4, 0.5) is 5.69 Å². The summed E-state index contributed by atoms with van der Waals surface area (Å²) in [7, 11) is 0. The number of pyridine rings is 1. The number of aliphatic hydroxyl groups is 1. The van der Waals surface area contributed by atoms with Crippen LogP contribution >= 0.6 is 0 Å². The van der Waals surface area contributed by atoms with Gasteiger partial charge in [0.25, 0.3) is 0 Å². The highest BCUT2D eigenvalue weighted by Gasteiger charge is 2.27. The first-order chi connectivity index (χ1) is 6.43. The average molecular weight is 194 g/mol. The second-order valence-electron chi connectivity index (χ2n) is 4.31. The molecule has 1 heterocycles. The van der Waals surface area contributed by atoms with Crippen LogP contribution in [-0.2, 0) is 5.60 Å². The van der Waals surface area contributed by atoms with E-state index in [4.69, 9.17) is 5.73 Å². The molecule has 0 spiro atoms. The first-order valence-corrected chi connectivity index (χ1v) is 4.87. The summed E-state index contributed by atoms with van der Waals surface area (Å²) < 4.78 is 0. The topological polar surface area (TPSA) is 59.1 Å². The molecule has 14 heavy (non-hydrogen) atoms. The molecule has 0 saturated carbocycles. The molecule has 1 unspecified atom stereocenters. The third-order valence-corrected chi connectivity index (χ3v) is 2.15. The van der Waals surface area contributed by atoms with E-state index in [1.807, 2.05) is 0 Å². The van der Waals surface area contributed by atoms with Crippen molar-refractivity contribution in [2.24, 2.45) is 5.92 Å². The maximum Gasteiger partial charge on any atom is 0.106 e. The molecule has 1 aromatic heterocycles. The molecule has 0 aromatic carbocycles. The lowest BCUT2D eigenvalue weighted by Gasteiger charge is -2.25. The highest BCUT2D eigenvalue weighted by atomic mass is 16.3. The van der Waals surface area contributed by atoms with E-state index < -0.39 is 5.60 Å². The molecular weight excluding hydrogens is 176 g/mol. The number of nitrogen functional groups attached to an aromatic ring is 1. The molecule has 0 bridgehead atoms. The van der Waals surface area contributed by atoms with Gasteiger partial charge in [-0.05, 0) is 31.4 Å². The van der Waals surface area contributed by atoms with Gasteiger partial charge < -0.3 is 10.8 Å². The Balaban J connectivity index is 2.97. The minimum absolute atomic E-state index is 0.409. The summed E-state index contributed by atoms with van der Waals surface area (Å²) in [4.78, 5) is 4.13. The molecule has 0 aliphatic carbocycles. The predicted molar refractivity (Wildman–Crippen MR) is 57.7 cm³/mol. The molecule has 0 amide bonds. The Bertz CT molecular complexity index is 308. The van der Waals surface area contributed by atoms with Crippen molar-refractivity contribution in [3.63, 3.8) is 0 Å². The minimum atomic E-state index is -0.931. The molecule has 1 aromatic rings. The highest BCUT2D eigenvalue weighted by molar-refractivity contribution is 5.44. The van der Waals surface area contributed by atoms with Gasteiger partial charge in [0, 0.05) is 6.20 Å². The minimum Gasteiger partial charge on any atom is -0.397 e. The van der Waals surface area contributed by atoms with E-state index in [-0.39, 0.29) is 0 Å². The molecule has 0 radical (unpaired) electrons. The summed E-state index contributed by atoms with van der Waals surface area (Å²) >= 11 is 0. The second-order valence-corrected chi connectivity index (χ2v) is 4.31. The first kappa shape index (κ1) is 11.0. The van der Waals surface area contributed by atoms with Gasteiger partial charge in [-0.25, -0.2) is 0 Å². The van der Waals surface area contributed by atoms with Crippen molar-refractivity contribution in [1.82, 2.24) is 4.98 Å². The Hall–Kier alpha value is -1.09.